The van der Waals surface area contributed by atoms with Crippen molar-refractivity contribution in [2.24, 2.45) is 5.92 Å². The van der Waals surface area contributed by atoms with Gasteiger partial charge in [-0.3, -0.25) is 14.5 Å². The minimum absolute atomic E-state index is 0.198. The average molecular weight is 504 g/mol. The number of fused-ring (bicyclic) bond motifs is 3. The zero-order chi connectivity index (χ0) is 22.9. The van der Waals surface area contributed by atoms with Crippen molar-refractivity contribution in [3.05, 3.63) is 94.5 Å². The number of ether oxygens (including phenoxy) is 1. The second-order valence-electron chi connectivity index (χ2n) is 7.91. The first-order valence-corrected chi connectivity index (χ1v) is 11.6. The summed E-state index contributed by atoms with van der Waals surface area (Å²) in [7, 11) is 0. The smallest absolute Gasteiger partial charge is 0.321 e. The van der Waals surface area contributed by atoms with E-state index in [1.54, 1.807) is 11.8 Å². The fourth-order valence-corrected chi connectivity index (χ4v) is 4.87. The third kappa shape index (κ3) is 3.82. The summed E-state index contributed by atoms with van der Waals surface area (Å²) in [5, 5.41) is 0. The molecule has 0 N–H and O–H groups in total. The van der Waals surface area contributed by atoms with Crippen molar-refractivity contribution >= 4 is 44.8 Å². The molecule has 0 saturated carbocycles. The number of amides is 1. The van der Waals surface area contributed by atoms with Crippen LogP contribution in [0.1, 0.15) is 24.1 Å². The Balaban J connectivity index is 1.76. The summed E-state index contributed by atoms with van der Waals surface area (Å²) in [6.07, 6.45) is 0. The Kier molecular flexibility index (Phi) is 5.72. The second-order valence-corrected chi connectivity index (χ2v) is 8.83. The molecule has 3 aromatic carbocycles. The third-order valence-corrected chi connectivity index (χ3v) is 6.35. The highest BCUT2D eigenvalue weighted by Gasteiger charge is 2.47. The summed E-state index contributed by atoms with van der Waals surface area (Å²) in [6.45, 7) is 2.26. The van der Waals surface area contributed by atoms with Crippen LogP contribution in [0.25, 0.3) is 11.0 Å². The minimum atomic E-state index is -1.03. The van der Waals surface area contributed by atoms with Gasteiger partial charge < -0.3 is 9.30 Å². The van der Waals surface area contributed by atoms with Crippen LogP contribution in [0.2, 0.25) is 0 Å². The maximum atomic E-state index is 13.9. The molecule has 2 atom stereocenters. The molecule has 166 valence electrons. The van der Waals surface area contributed by atoms with E-state index in [0.29, 0.717) is 12.5 Å². The minimum Gasteiger partial charge on any atom is -0.465 e. The first-order chi connectivity index (χ1) is 16.1. The number of aromatic nitrogens is 2. The first-order valence-electron chi connectivity index (χ1n) is 10.8. The fraction of sp³-hybridized carbons (Fsp3) is 0.192. The molecule has 6 nitrogen and oxygen atoms in total. The van der Waals surface area contributed by atoms with Crippen LogP contribution in [-0.4, -0.2) is 28.0 Å². The van der Waals surface area contributed by atoms with Crippen molar-refractivity contribution < 1.29 is 14.3 Å². The van der Waals surface area contributed by atoms with E-state index >= 15 is 0 Å². The van der Waals surface area contributed by atoms with Crippen molar-refractivity contribution in [2.75, 3.05) is 11.5 Å². The highest BCUT2D eigenvalue weighted by Crippen LogP contribution is 2.42. The lowest BCUT2D eigenvalue weighted by Crippen LogP contribution is -2.49. The van der Waals surface area contributed by atoms with E-state index in [1.807, 2.05) is 83.4 Å². The van der Waals surface area contributed by atoms with E-state index in [0.717, 1.165) is 26.6 Å². The standard InChI is InChI=1S/C26H22BrN3O3/c1-2-33-25(32)22-23(18-11-8-12-19(27)15-18)30-21-14-7-6-13-20(21)28-26(30)29(24(22)31)16-17-9-4-3-5-10-17/h3-15,22-23H,2,16H2,1H3/t22-,23-/m1/s1. The predicted octanol–water partition coefficient (Wildman–Crippen LogP) is 5.11. The summed E-state index contributed by atoms with van der Waals surface area (Å²) in [4.78, 5) is 33.6. The highest BCUT2D eigenvalue weighted by molar-refractivity contribution is 9.10. The molecule has 33 heavy (non-hydrogen) atoms. The maximum absolute atomic E-state index is 13.9. The van der Waals surface area contributed by atoms with Crippen LogP contribution in [0.5, 0.6) is 0 Å². The van der Waals surface area contributed by atoms with E-state index in [9.17, 15) is 9.59 Å². The third-order valence-electron chi connectivity index (χ3n) is 5.86. The van der Waals surface area contributed by atoms with Gasteiger partial charge in [0.2, 0.25) is 11.9 Å². The number of carbonyl (C=O) groups is 2. The molecule has 0 spiro atoms. The number of nitrogens with zero attached hydrogens (tertiary/aromatic N) is 3. The second kappa shape index (κ2) is 8.83. The number of para-hydroxylation sites is 2. The number of esters is 1. The van der Waals surface area contributed by atoms with E-state index in [4.69, 9.17) is 9.72 Å². The molecule has 1 amide bonds. The Labute approximate surface area is 199 Å². The summed E-state index contributed by atoms with van der Waals surface area (Å²) >= 11 is 3.53. The van der Waals surface area contributed by atoms with Gasteiger partial charge in [-0.25, -0.2) is 4.98 Å². The molecule has 1 aliphatic rings. The molecule has 0 aliphatic carbocycles. The van der Waals surface area contributed by atoms with Crippen LogP contribution in [0.15, 0.2) is 83.3 Å². The Morgan fingerprint density at radius 2 is 1.79 bits per heavy atom. The number of benzene rings is 3. The number of rotatable bonds is 5. The number of carbonyl (C=O) groups excluding carboxylic acids is 2. The van der Waals surface area contributed by atoms with E-state index < -0.39 is 17.9 Å². The van der Waals surface area contributed by atoms with Gasteiger partial charge in [-0.05, 0) is 42.3 Å². The molecule has 0 unspecified atom stereocenters. The quantitative estimate of drug-likeness (QED) is 0.280. The lowest BCUT2D eigenvalue weighted by molar-refractivity contribution is -0.153. The number of hydrogen-bond acceptors (Lipinski definition) is 4. The van der Waals surface area contributed by atoms with Gasteiger partial charge in [0.1, 0.15) is 0 Å². The van der Waals surface area contributed by atoms with Gasteiger partial charge in [0.25, 0.3) is 0 Å². The van der Waals surface area contributed by atoms with Crippen molar-refractivity contribution in [3.63, 3.8) is 0 Å². The number of imidazole rings is 1. The van der Waals surface area contributed by atoms with E-state index in [1.165, 1.54) is 0 Å². The average Bonchev–Trinajstić information content (AvgIpc) is 3.20. The summed E-state index contributed by atoms with van der Waals surface area (Å²) in [6, 6.07) is 24.6. The van der Waals surface area contributed by atoms with Gasteiger partial charge in [0, 0.05) is 4.47 Å². The van der Waals surface area contributed by atoms with Crippen LogP contribution in [0.4, 0.5) is 5.95 Å². The fourth-order valence-electron chi connectivity index (χ4n) is 4.46. The molecule has 0 radical (unpaired) electrons. The molecule has 0 bridgehead atoms. The molecule has 5 rings (SSSR count). The van der Waals surface area contributed by atoms with E-state index in [-0.39, 0.29) is 12.5 Å². The molecule has 2 heterocycles. The van der Waals surface area contributed by atoms with Crippen LogP contribution < -0.4 is 4.90 Å². The number of halogens is 1. The van der Waals surface area contributed by atoms with E-state index in [2.05, 4.69) is 15.9 Å². The normalized spacial score (nSPS) is 17.8. The Bertz CT molecular complexity index is 1340. The first kappa shape index (κ1) is 21.4. The molecular formula is C26H22BrN3O3. The Morgan fingerprint density at radius 1 is 1.03 bits per heavy atom. The molecule has 1 aromatic heterocycles. The molecule has 0 saturated heterocycles. The van der Waals surface area contributed by atoms with Crippen LogP contribution in [0.3, 0.4) is 0 Å². The Morgan fingerprint density at radius 3 is 2.55 bits per heavy atom. The van der Waals surface area contributed by atoms with Crippen molar-refractivity contribution in [3.8, 4) is 0 Å². The van der Waals surface area contributed by atoms with Gasteiger partial charge in [-0.2, -0.15) is 0 Å². The molecular weight excluding hydrogens is 482 g/mol. The van der Waals surface area contributed by atoms with Crippen molar-refractivity contribution in [2.45, 2.75) is 19.5 Å². The monoisotopic (exact) mass is 503 g/mol. The van der Waals surface area contributed by atoms with Crippen LogP contribution >= 0.6 is 15.9 Å². The zero-order valence-electron chi connectivity index (χ0n) is 18.0. The van der Waals surface area contributed by atoms with Crippen LogP contribution in [-0.2, 0) is 20.9 Å². The lowest BCUT2D eigenvalue weighted by atomic mass is 9.89. The topological polar surface area (TPSA) is 64.4 Å². The SMILES string of the molecule is CCOC(=O)[C@H]1C(=O)N(Cc2ccccc2)c2nc3ccccc3n2[C@@H]1c1cccc(Br)c1. The molecule has 4 aromatic rings. The van der Waals surface area contributed by atoms with Gasteiger partial charge in [0.15, 0.2) is 5.92 Å². The van der Waals surface area contributed by atoms with Crippen molar-refractivity contribution in [1.82, 2.24) is 9.55 Å². The van der Waals surface area contributed by atoms with Gasteiger partial charge in [-0.15, -0.1) is 0 Å². The van der Waals surface area contributed by atoms with Gasteiger partial charge >= 0.3 is 5.97 Å². The van der Waals surface area contributed by atoms with Gasteiger partial charge in [0.05, 0.1) is 30.2 Å². The summed E-state index contributed by atoms with van der Waals surface area (Å²) in [5.41, 5.74) is 3.41. The molecule has 0 fully saturated rings. The summed E-state index contributed by atoms with van der Waals surface area (Å²) < 4.78 is 8.28. The largest absolute Gasteiger partial charge is 0.465 e. The zero-order valence-corrected chi connectivity index (χ0v) is 19.6. The summed E-state index contributed by atoms with van der Waals surface area (Å²) in [5.74, 6) is -1.36. The van der Waals surface area contributed by atoms with Gasteiger partial charge in [-0.1, -0.05) is 70.5 Å². The Hall–Kier alpha value is -3.45. The predicted molar refractivity (Wildman–Crippen MR) is 130 cm³/mol. The molecule has 7 heteroatoms. The van der Waals surface area contributed by atoms with Crippen LogP contribution in [0, 0.1) is 5.92 Å². The maximum Gasteiger partial charge on any atom is 0.321 e. The van der Waals surface area contributed by atoms with Crippen molar-refractivity contribution in [1.29, 1.82) is 0 Å². The highest BCUT2D eigenvalue weighted by atomic mass is 79.9. The number of hydrogen-bond donors (Lipinski definition) is 0. The number of anilines is 1. The molecule has 1 aliphatic heterocycles. The lowest BCUT2D eigenvalue weighted by Gasteiger charge is -2.38.